The number of carboxylic acids is 1. The van der Waals surface area contributed by atoms with Crippen molar-refractivity contribution < 1.29 is 24.2 Å². The molecule has 0 bridgehead atoms. The van der Waals surface area contributed by atoms with Gasteiger partial charge >= 0.3 is 12.0 Å². The van der Waals surface area contributed by atoms with Gasteiger partial charge in [0.1, 0.15) is 12.1 Å². The van der Waals surface area contributed by atoms with Crippen molar-refractivity contribution in [2.45, 2.75) is 78.8 Å². The second-order valence-electron chi connectivity index (χ2n) is 9.82. The summed E-state index contributed by atoms with van der Waals surface area (Å²) in [5.41, 5.74) is 2.67. The molecule has 3 amide bonds. The number of thioether (sulfide) groups is 1. The van der Waals surface area contributed by atoms with Crippen LogP contribution in [-0.4, -0.2) is 77.8 Å². The average molecular weight is 664 g/mol. The molecular weight excluding hydrogens is 617 g/mol. The van der Waals surface area contributed by atoms with Crippen LogP contribution in [0, 0.1) is 5.92 Å². The van der Waals surface area contributed by atoms with Crippen LogP contribution < -0.4 is 10.6 Å². The third-order valence-electron chi connectivity index (χ3n) is 6.52. The number of amides is 3. The molecule has 1 fully saturated rings. The Balaban J connectivity index is 2.55. The summed E-state index contributed by atoms with van der Waals surface area (Å²) in [5, 5.41) is 15.1. The average Bonchev–Trinajstić information content (AvgIpc) is 2.88. The highest BCUT2D eigenvalue weighted by atomic mass is 127. The Morgan fingerprint density at radius 3 is 2.21 bits per heavy atom. The van der Waals surface area contributed by atoms with Crippen LogP contribution >= 0.6 is 34.4 Å². The molecular formula is C28H46IN3O5S. The van der Waals surface area contributed by atoms with Crippen LogP contribution in [0.1, 0.15) is 66.7 Å². The normalized spacial score (nSPS) is 17.5. The van der Waals surface area contributed by atoms with Crippen molar-refractivity contribution in [3.63, 3.8) is 0 Å². The van der Waals surface area contributed by atoms with Gasteiger partial charge < -0.3 is 25.4 Å². The minimum Gasteiger partial charge on any atom is -0.480 e. The Labute approximate surface area is 246 Å². The fraction of sp³-hybridized carbons (Fsp3) is 0.679. The fourth-order valence-corrected chi connectivity index (χ4v) is 5.08. The van der Waals surface area contributed by atoms with Crippen LogP contribution in [0.5, 0.6) is 0 Å². The number of carbonyl (C=O) groups is 3. The molecule has 0 aliphatic carbocycles. The molecule has 1 rings (SSSR count). The Hall–Kier alpha value is -1.53. The van der Waals surface area contributed by atoms with Gasteiger partial charge in [0.05, 0.1) is 13.2 Å². The van der Waals surface area contributed by atoms with Crippen LogP contribution in [0.3, 0.4) is 0 Å². The Morgan fingerprint density at radius 1 is 1.03 bits per heavy atom. The van der Waals surface area contributed by atoms with Crippen LogP contribution in [0.25, 0.3) is 0 Å². The zero-order valence-corrected chi connectivity index (χ0v) is 26.5. The number of hydrogen-bond donors (Lipinski definition) is 3. The molecule has 1 heterocycles. The smallest absolute Gasteiger partial charge is 0.327 e. The Kier molecular flexibility index (Phi) is 17.7. The lowest BCUT2D eigenvalue weighted by molar-refractivity contribution is -0.141. The molecule has 1 aliphatic heterocycles. The van der Waals surface area contributed by atoms with E-state index in [2.05, 4.69) is 72.2 Å². The molecule has 0 radical (unpaired) electrons. The van der Waals surface area contributed by atoms with Gasteiger partial charge in [-0.05, 0) is 78.5 Å². The molecule has 216 valence electrons. The van der Waals surface area contributed by atoms with Gasteiger partial charge in [-0.25, -0.2) is 9.59 Å². The maximum Gasteiger partial charge on any atom is 0.327 e. The molecule has 10 heteroatoms. The topological polar surface area (TPSA) is 108 Å². The molecule has 38 heavy (non-hydrogen) atoms. The van der Waals surface area contributed by atoms with Crippen LogP contribution in [0.4, 0.5) is 4.79 Å². The molecule has 0 aromatic rings. The SMILES string of the molecule is CC[C@H](C)[C@H](NC(=O)N1CCOCC1)C(=O)N[C@@H](CSC/C=C(\C)CC/C=C(\C)CC/C=C(\C)I)C(=O)O. The van der Waals surface area contributed by atoms with Crippen LogP contribution in [0.2, 0.25) is 0 Å². The van der Waals surface area contributed by atoms with Crippen LogP contribution in [-0.2, 0) is 14.3 Å². The summed E-state index contributed by atoms with van der Waals surface area (Å²) in [4.78, 5) is 39.2. The van der Waals surface area contributed by atoms with E-state index in [1.807, 2.05) is 13.8 Å². The van der Waals surface area contributed by atoms with E-state index in [4.69, 9.17) is 4.74 Å². The number of allylic oxidation sites excluding steroid dienone is 5. The molecule has 0 unspecified atom stereocenters. The van der Waals surface area contributed by atoms with Gasteiger partial charge in [-0.2, -0.15) is 11.8 Å². The van der Waals surface area contributed by atoms with Crippen molar-refractivity contribution in [1.82, 2.24) is 15.5 Å². The van der Waals surface area contributed by atoms with E-state index in [0.29, 0.717) is 38.5 Å². The van der Waals surface area contributed by atoms with Crippen molar-refractivity contribution >= 4 is 52.3 Å². The number of urea groups is 1. The molecule has 1 aliphatic rings. The Morgan fingerprint density at radius 2 is 1.63 bits per heavy atom. The van der Waals surface area contributed by atoms with Gasteiger partial charge in [0.15, 0.2) is 0 Å². The van der Waals surface area contributed by atoms with Crippen molar-refractivity contribution in [3.8, 4) is 0 Å². The van der Waals surface area contributed by atoms with Crippen molar-refractivity contribution in [3.05, 3.63) is 33.0 Å². The third kappa shape index (κ3) is 14.6. The van der Waals surface area contributed by atoms with E-state index < -0.39 is 24.0 Å². The van der Waals surface area contributed by atoms with Crippen molar-refractivity contribution in [1.29, 1.82) is 0 Å². The molecule has 3 atom stereocenters. The first-order valence-corrected chi connectivity index (χ1v) is 15.7. The van der Waals surface area contributed by atoms with Crippen molar-refractivity contribution in [2.75, 3.05) is 37.8 Å². The summed E-state index contributed by atoms with van der Waals surface area (Å²) < 4.78 is 6.60. The number of rotatable bonds is 16. The fourth-order valence-electron chi connectivity index (χ4n) is 3.77. The lowest BCUT2D eigenvalue weighted by Gasteiger charge is -2.31. The van der Waals surface area contributed by atoms with Gasteiger partial charge in [0.25, 0.3) is 0 Å². The van der Waals surface area contributed by atoms with Crippen molar-refractivity contribution in [2.24, 2.45) is 5.92 Å². The van der Waals surface area contributed by atoms with Crippen LogP contribution in [0.15, 0.2) is 33.0 Å². The molecule has 0 aromatic carbocycles. The maximum atomic E-state index is 13.0. The minimum atomic E-state index is -1.08. The number of carbonyl (C=O) groups excluding carboxylic acids is 2. The van der Waals surface area contributed by atoms with Gasteiger partial charge in [0.2, 0.25) is 5.91 Å². The molecule has 0 spiro atoms. The maximum absolute atomic E-state index is 13.0. The van der Waals surface area contributed by atoms with E-state index in [9.17, 15) is 19.5 Å². The number of ether oxygens (including phenoxy) is 1. The highest BCUT2D eigenvalue weighted by Crippen LogP contribution is 2.15. The first kappa shape index (κ1) is 34.5. The predicted molar refractivity (Wildman–Crippen MR) is 165 cm³/mol. The largest absolute Gasteiger partial charge is 0.480 e. The van der Waals surface area contributed by atoms with E-state index >= 15 is 0 Å². The summed E-state index contributed by atoms with van der Waals surface area (Å²) in [6.45, 7) is 12.0. The summed E-state index contributed by atoms with van der Waals surface area (Å²) in [6, 6.07) is -2.16. The monoisotopic (exact) mass is 663 g/mol. The van der Waals surface area contributed by atoms with E-state index in [0.717, 1.165) is 25.7 Å². The predicted octanol–water partition coefficient (Wildman–Crippen LogP) is 5.54. The number of aliphatic carboxylic acids is 1. The van der Waals surface area contributed by atoms with Gasteiger partial charge in [-0.3, -0.25) is 4.79 Å². The first-order valence-electron chi connectivity index (χ1n) is 13.4. The van der Waals surface area contributed by atoms with E-state index in [1.165, 1.54) is 26.5 Å². The number of nitrogens with zero attached hydrogens (tertiary/aromatic N) is 1. The molecule has 0 aromatic heterocycles. The molecule has 8 nitrogen and oxygen atoms in total. The van der Waals surface area contributed by atoms with E-state index in [1.54, 1.807) is 4.90 Å². The summed E-state index contributed by atoms with van der Waals surface area (Å²) in [5.74, 6) is -0.763. The number of carboxylic acid groups (broad SMARTS) is 1. The third-order valence-corrected chi connectivity index (χ3v) is 7.93. The van der Waals surface area contributed by atoms with Gasteiger partial charge in [0, 0.05) is 24.6 Å². The lowest BCUT2D eigenvalue weighted by Crippen LogP contribution is -2.57. The summed E-state index contributed by atoms with van der Waals surface area (Å²) in [7, 11) is 0. The number of nitrogens with one attached hydrogen (secondary N) is 2. The highest BCUT2D eigenvalue weighted by Gasteiger charge is 2.31. The highest BCUT2D eigenvalue weighted by molar-refractivity contribution is 14.1. The second-order valence-corrected chi connectivity index (χ2v) is 12.6. The quantitative estimate of drug-likeness (QED) is 0.114. The van der Waals surface area contributed by atoms with E-state index in [-0.39, 0.29) is 17.7 Å². The number of morpholine rings is 1. The summed E-state index contributed by atoms with van der Waals surface area (Å²) in [6.07, 6.45) is 11.5. The molecule has 0 saturated carbocycles. The zero-order chi connectivity index (χ0) is 28.5. The first-order chi connectivity index (χ1) is 18.0. The standard InChI is InChI=1S/C28H46IN3O5S/c1-6-22(4)25(31-28(36)32-14-16-37-17-15-32)26(33)30-24(27(34)35)19-38-18-13-21(3)10-7-9-20(2)11-8-12-23(5)29/h9,12-13,22,24-25H,6-8,10-11,14-19H2,1-5H3,(H,30,33)(H,31,36)(H,34,35)/b20-9+,21-13+,23-12+/t22-,24-,25-/m0/s1. The Bertz CT molecular complexity index is 851. The lowest BCUT2D eigenvalue weighted by atomic mass is 9.98. The number of halogens is 1. The molecule has 1 saturated heterocycles. The molecule has 3 N–H and O–H groups in total. The summed E-state index contributed by atoms with van der Waals surface area (Å²) >= 11 is 3.80. The zero-order valence-electron chi connectivity index (χ0n) is 23.6. The minimum absolute atomic E-state index is 0.141. The number of hydrogen-bond acceptors (Lipinski definition) is 5. The van der Waals surface area contributed by atoms with Gasteiger partial charge in [-0.15, -0.1) is 0 Å². The van der Waals surface area contributed by atoms with Gasteiger partial charge in [-0.1, -0.05) is 49.6 Å². The second kappa shape index (κ2) is 19.5.